The first-order valence-electron chi connectivity index (χ1n) is 4.74. The van der Waals surface area contributed by atoms with E-state index in [-0.39, 0.29) is 11.5 Å². The molecule has 16 heavy (non-hydrogen) atoms. The molecule has 2 rings (SSSR count). The molecule has 0 amide bonds. The zero-order chi connectivity index (χ0) is 11.4. The van der Waals surface area contributed by atoms with Gasteiger partial charge in [-0.05, 0) is 24.6 Å². The minimum absolute atomic E-state index is 0.0563. The van der Waals surface area contributed by atoms with Crippen molar-refractivity contribution in [3.63, 3.8) is 0 Å². The summed E-state index contributed by atoms with van der Waals surface area (Å²) in [5.41, 5.74) is 1.00. The first-order chi connectivity index (χ1) is 7.75. The third-order valence-electron chi connectivity index (χ3n) is 1.89. The quantitative estimate of drug-likeness (QED) is 0.461. The highest BCUT2D eigenvalue weighted by Crippen LogP contribution is 2.14. The van der Waals surface area contributed by atoms with Gasteiger partial charge in [0, 0.05) is 12.4 Å². The normalized spacial score (nSPS) is 10.3. The number of carbonyl (C=O) groups excluding carboxylic acids is 1. The summed E-state index contributed by atoms with van der Waals surface area (Å²) in [5, 5.41) is 0.602. The van der Waals surface area contributed by atoms with E-state index in [2.05, 4.69) is 9.97 Å². The summed E-state index contributed by atoms with van der Waals surface area (Å²) >= 11 is 1.30. The van der Waals surface area contributed by atoms with E-state index in [1.54, 1.807) is 24.5 Å². The Morgan fingerprint density at radius 3 is 2.81 bits per heavy atom. The van der Waals surface area contributed by atoms with Gasteiger partial charge in [-0.15, -0.1) is 0 Å². The van der Waals surface area contributed by atoms with Crippen LogP contribution in [0.3, 0.4) is 0 Å². The molecule has 0 bridgehead atoms. The molecule has 0 spiro atoms. The molecule has 0 saturated carbocycles. The van der Waals surface area contributed by atoms with Gasteiger partial charge in [0.25, 0.3) is 0 Å². The van der Waals surface area contributed by atoms with Crippen LogP contribution in [-0.4, -0.2) is 21.5 Å². The van der Waals surface area contributed by atoms with Gasteiger partial charge in [0.15, 0.2) is 10.9 Å². The monoisotopic (exact) mass is 234 g/mol. The fourth-order valence-electron chi connectivity index (χ4n) is 1.09. The van der Waals surface area contributed by atoms with Crippen LogP contribution in [0.5, 0.6) is 0 Å². The lowest BCUT2D eigenvalue weighted by atomic mass is 10.3. The predicted molar refractivity (Wildman–Crippen MR) is 60.5 cm³/mol. The standard InChI is InChI=1S/C11H10N2O2S/c1-8-5-12-11(13-6-8)16-7-9(14)10-3-2-4-15-10/h2-6H,7H2,1H3. The Morgan fingerprint density at radius 2 is 2.19 bits per heavy atom. The molecule has 2 aromatic heterocycles. The van der Waals surface area contributed by atoms with E-state index in [1.807, 2.05) is 6.92 Å². The number of ketones is 1. The van der Waals surface area contributed by atoms with Crippen molar-refractivity contribution in [3.05, 3.63) is 42.1 Å². The van der Waals surface area contributed by atoms with Crippen molar-refractivity contribution in [2.24, 2.45) is 0 Å². The summed E-state index contributed by atoms with van der Waals surface area (Å²) in [4.78, 5) is 19.8. The maximum Gasteiger partial charge on any atom is 0.208 e. The van der Waals surface area contributed by atoms with Crippen LogP contribution in [0.15, 0.2) is 40.4 Å². The lowest BCUT2D eigenvalue weighted by Gasteiger charge is -1.98. The number of hydrogen-bond donors (Lipinski definition) is 0. The van der Waals surface area contributed by atoms with Crippen molar-refractivity contribution in [1.29, 1.82) is 0 Å². The topological polar surface area (TPSA) is 56.0 Å². The fourth-order valence-corrected chi connectivity index (χ4v) is 1.75. The SMILES string of the molecule is Cc1cnc(SCC(=O)c2ccco2)nc1. The Kier molecular flexibility index (Phi) is 3.36. The van der Waals surface area contributed by atoms with Crippen LogP contribution >= 0.6 is 11.8 Å². The Morgan fingerprint density at radius 1 is 1.44 bits per heavy atom. The van der Waals surface area contributed by atoms with Gasteiger partial charge in [0.05, 0.1) is 12.0 Å². The molecule has 0 atom stereocenters. The molecule has 2 aromatic rings. The van der Waals surface area contributed by atoms with Crippen LogP contribution in [0.4, 0.5) is 0 Å². The summed E-state index contributed by atoms with van der Waals surface area (Å²) in [6.07, 6.45) is 4.94. The van der Waals surface area contributed by atoms with Crippen LogP contribution in [-0.2, 0) is 0 Å². The van der Waals surface area contributed by atoms with E-state index in [0.29, 0.717) is 10.9 Å². The van der Waals surface area contributed by atoms with Crippen LogP contribution in [0, 0.1) is 6.92 Å². The maximum absolute atomic E-state index is 11.6. The van der Waals surface area contributed by atoms with Crippen molar-refractivity contribution in [2.75, 3.05) is 5.75 Å². The smallest absolute Gasteiger partial charge is 0.208 e. The van der Waals surface area contributed by atoms with Crippen molar-refractivity contribution in [1.82, 2.24) is 9.97 Å². The highest BCUT2D eigenvalue weighted by Gasteiger charge is 2.09. The molecule has 0 aliphatic carbocycles. The molecule has 82 valence electrons. The summed E-state index contributed by atoms with van der Waals surface area (Å²) in [6, 6.07) is 3.35. The number of Topliss-reactive ketones (excluding diaryl/α,β-unsaturated/α-hetero) is 1. The molecule has 4 nitrogen and oxygen atoms in total. The molecule has 0 aromatic carbocycles. The Bertz CT molecular complexity index is 465. The zero-order valence-corrected chi connectivity index (χ0v) is 9.53. The summed E-state index contributed by atoms with van der Waals surface area (Å²) in [7, 11) is 0. The number of furan rings is 1. The molecule has 0 radical (unpaired) electrons. The number of aryl methyl sites for hydroxylation is 1. The van der Waals surface area contributed by atoms with Gasteiger partial charge >= 0.3 is 0 Å². The van der Waals surface area contributed by atoms with Gasteiger partial charge in [-0.3, -0.25) is 4.79 Å². The highest BCUT2D eigenvalue weighted by molar-refractivity contribution is 7.99. The lowest BCUT2D eigenvalue weighted by Crippen LogP contribution is -2.01. The number of rotatable bonds is 4. The minimum Gasteiger partial charge on any atom is -0.461 e. The van der Waals surface area contributed by atoms with Gasteiger partial charge < -0.3 is 4.42 Å². The number of thioether (sulfide) groups is 1. The Labute approximate surface area is 97.1 Å². The third-order valence-corrected chi connectivity index (χ3v) is 2.76. The molecule has 2 heterocycles. The number of nitrogens with zero attached hydrogens (tertiary/aromatic N) is 2. The van der Waals surface area contributed by atoms with E-state index in [0.717, 1.165) is 5.56 Å². The fraction of sp³-hybridized carbons (Fsp3) is 0.182. The number of hydrogen-bond acceptors (Lipinski definition) is 5. The van der Waals surface area contributed by atoms with Crippen LogP contribution < -0.4 is 0 Å². The lowest BCUT2D eigenvalue weighted by molar-refractivity contribution is 0.0992. The summed E-state index contributed by atoms with van der Waals surface area (Å²) in [5.74, 6) is 0.607. The third kappa shape index (κ3) is 2.70. The van der Waals surface area contributed by atoms with Gasteiger partial charge in [0.2, 0.25) is 5.78 Å². The van der Waals surface area contributed by atoms with Crippen molar-refractivity contribution in [3.8, 4) is 0 Å². The van der Waals surface area contributed by atoms with Gasteiger partial charge in [-0.1, -0.05) is 11.8 Å². The molecule has 0 saturated heterocycles. The van der Waals surface area contributed by atoms with E-state index < -0.39 is 0 Å². The summed E-state index contributed by atoms with van der Waals surface area (Å²) < 4.78 is 5.00. The second kappa shape index (κ2) is 4.94. The van der Waals surface area contributed by atoms with E-state index in [9.17, 15) is 4.79 Å². The van der Waals surface area contributed by atoms with Gasteiger partial charge in [0.1, 0.15) is 0 Å². The van der Waals surface area contributed by atoms with Gasteiger partial charge in [-0.25, -0.2) is 9.97 Å². The predicted octanol–water partition coefficient (Wildman–Crippen LogP) is 2.35. The second-order valence-corrected chi connectivity index (χ2v) is 4.17. The van der Waals surface area contributed by atoms with Crippen LogP contribution in [0.1, 0.15) is 16.1 Å². The molecule has 0 N–H and O–H groups in total. The highest BCUT2D eigenvalue weighted by atomic mass is 32.2. The average molecular weight is 234 g/mol. The molecule has 0 fully saturated rings. The molecule has 0 unspecified atom stereocenters. The maximum atomic E-state index is 11.6. The molecular formula is C11H10N2O2S. The molecular weight excluding hydrogens is 224 g/mol. The zero-order valence-electron chi connectivity index (χ0n) is 8.71. The molecule has 0 aliphatic rings. The Balaban J connectivity index is 1.93. The van der Waals surface area contributed by atoms with Gasteiger partial charge in [-0.2, -0.15) is 0 Å². The number of carbonyl (C=O) groups is 1. The second-order valence-electron chi connectivity index (χ2n) is 3.23. The van der Waals surface area contributed by atoms with Crippen LogP contribution in [0.2, 0.25) is 0 Å². The van der Waals surface area contributed by atoms with E-state index >= 15 is 0 Å². The van der Waals surface area contributed by atoms with Crippen LogP contribution in [0.25, 0.3) is 0 Å². The Hall–Kier alpha value is -1.62. The average Bonchev–Trinajstić information content (AvgIpc) is 2.81. The van der Waals surface area contributed by atoms with Crippen molar-refractivity contribution >= 4 is 17.5 Å². The first-order valence-corrected chi connectivity index (χ1v) is 5.72. The number of aromatic nitrogens is 2. The molecule has 0 aliphatic heterocycles. The minimum atomic E-state index is -0.0563. The summed E-state index contributed by atoms with van der Waals surface area (Å²) in [6.45, 7) is 1.92. The van der Waals surface area contributed by atoms with E-state index in [1.165, 1.54) is 18.0 Å². The largest absolute Gasteiger partial charge is 0.461 e. The molecule has 5 heteroatoms. The van der Waals surface area contributed by atoms with E-state index in [4.69, 9.17) is 4.42 Å². The first kappa shape index (κ1) is 10.9. The van der Waals surface area contributed by atoms with Crippen molar-refractivity contribution < 1.29 is 9.21 Å². The van der Waals surface area contributed by atoms with Crippen molar-refractivity contribution in [2.45, 2.75) is 12.1 Å².